The van der Waals surface area contributed by atoms with E-state index in [1.807, 2.05) is 47.5 Å². The number of aliphatic imine (C=N–C) groups is 2. The summed E-state index contributed by atoms with van der Waals surface area (Å²) in [5.74, 6) is 0.742. The summed E-state index contributed by atoms with van der Waals surface area (Å²) in [6.07, 6.45) is 7.37. The zero-order chi connectivity index (χ0) is 17.2. The molecule has 0 atom stereocenters. The summed E-state index contributed by atoms with van der Waals surface area (Å²) >= 11 is 3.49. The van der Waals surface area contributed by atoms with Gasteiger partial charge in [0.1, 0.15) is 11.5 Å². The molecule has 1 aromatic carbocycles. The Morgan fingerprint density at radius 2 is 1.96 bits per heavy atom. The van der Waals surface area contributed by atoms with Gasteiger partial charge in [0.2, 0.25) is 0 Å². The fourth-order valence-electron chi connectivity index (χ4n) is 2.69. The number of fused-ring (bicyclic) bond motifs is 2. The fraction of sp³-hybridized carbons (Fsp3) is 0.0526. The van der Waals surface area contributed by atoms with Crippen LogP contribution in [0.2, 0.25) is 0 Å². The van der Waals surface area contributed by atoms with Crippen molar-refractivity contribution in [2.24, 2.45) is 9.98 Å². The first-order chi connectivity index (χ1) is 12.2. The molecule has 1 aromatic heterocycles. The Bertz CT molecular complexity index is 960. The SMILES string of the molecule is O=C(N=C1N=C2C=CC(Br)=CN2Cc2ccccc21)c1ccccn1. The number of amides is 1. The van der Waals surface area contributed by atoms with Gasteiger partial charge < -0.3 is 4.90 Å². The summed E-state index contributed by atoms with van der Waals surface area (Å²) in [6.45, 7) is 0.658. The zero-order valence-electron chi connectivity index (χ0n) is 13.1. The standard InChI is InChI=1S/C19H13BrN4O/c20-14-8-9-17-22-18(23-19(25)16-7-3-4-10-21-16)15-6-2-1-5-13(15)11-24(17)12-14/h1-10,12H,11H2. The van der Waals surface area contributed by atoms with Gasteiger partial charge in [-0.1, -0.05) is 30.3 Å². The first kappa shape index (κ1) is 15.7. The molecule has 0 aliphatic carbocycles. The van der Waals surface area contributed by atoms with Gasteiger partial charge in [0.25, 0.3) is 5.91 Å². The molecule has 4 rings (SSSR count). The predicted octanol–water partition coefficient (Wildman–Crippen LogP) is 3.69. The maximum atomic E-state index is 12.5. The van der Waals surface area contributed by atoms with Gasteiger partial charge in [-0.15, -0.1) is 0 Å². The lowest BCUT2D eigenvalue weighted by molar-refractivity contribution is 0.0998. The first-order valence-corrected chi connectivity index (χ1v) is 8.53. The Labute approximate surface area is 153 Å². The van der Waals surface area contributed by atoms with Crippen LogP contribution in [-0.2, 0) is 6.54 Å². The van der Waals surface area contributed by atoms with Crippen molar-refractivity contribution in [1.29, 1.82) is 0 Å². The molecule has 122 valence electrons. The van der Waals surface area contributed by atoms with E-state index in [1.165, 1.54) is 0 Å². The van der Waals surface area contributed by atoms with Crippen molar-refractivity contribution in [2.75, 3.05) is 0 Å². The van der Waals surface area contributed by atoms with Crippen LogP contribution in [0.25, 0.3) is 0 Å². The van der Waals surface area contributed by atoms with Gasteiger partial charge in [0.15, 0.2) is 5.84 Å². The van der Waals surface area contributed by atoms with E-state index >= 15 is 0 Å². The lowest BCUT2D eigenvalue weighted by atomic mass is 10.1. The van der Waals surface area contributed by atoms with Gasteiger partial charge >= 0.3 is 0 Å². The summed E-state index contributed by atoms with van der Waals surface area (Å²) in [4.78, 5) is 27.5. The summed E-state index contributed by atoms with van der Waals surface area (Å²) < 4.78 is 0.967. The largest absolute Gasteiger partial charge is 0.327 e. The third-order valence-electron chi connectivity index (χ3n) is 3.88. The van der Waals surface area contributed by atoms with Gasteiger partial charge in [-0.05, 0) is 45.8 Å². The molecule has 25 heavy (non-hydrogen) atoms. The number of hydrogen-bond acceptors (Lipinski definition) is 3. The molecule has 0 fully saturated rings. The van der Waals surface area contributed by atoms with Gasteiger partial charge in [-0.3, -0.25) is 9.78 Å². The minimum Gasteiger partial charge on any atom is -0.327 e. The lowest BCUT2D eigenvalue weighted by Crippen LogP contribution is -2.24. The molecule has 0 N–H and O–H groups in total. The van der Waals surface area contributed by atoms with Crippen molar-refractivity contribution >= 4 is 33.5 Å². The van der Waals surface area contributed by atoms with Gasteiger partial charge in [0.05, 0.1) is 0 Å². The number of allylic oxidation sites excluding steroid dienone is 2. The van der Waals surface area contributed by atoms with Gasteiger partial charge in [-0.25, -0.2) is 4.99 Å². The van der Waals surface area contributed by atoms with E-state index in [0.717, 1.165) is 21.4 Å². The maximum Gasteiger partial charge on any atom is 0.297 e. The number of halogens is 1. The smallest absolute Gasteiger partial charge is 0.297 e. The van der Waals surface area contributed by atoms with E-state index in [9.17, 15) is 4.79 Å². The molecule has 1 amide bonds. The minimum absolute atomic E-state index is 0.301. The molecule has 0 spiro atoms. The minimum atomic E-state index is -0.403. The number of carbonyl (C=O) groups excluding carboxylic acids is 1. The second kappa shape index (κ2) is 6.57. The van der Waals surface area contributed by atoms with E-state index < -0.39 is 5.91 Å². The summed E-state index contributed by atoms with van der Waals surface area (Å²) in [5, 5.41) is 0. The molecule has 3 heterocycles. The molecule has 0 unspecified atom stereocenters. The Kier molecular flexibility index (Phi) is 4.11. The second-order valence-electron chi connectivity index (χ2n) is 5.56. The molecule has 0 bridgehead atoms. The van der Waals surface area contributed by atoms with Crippen molar-refractivity contribution < 1.29 is 4.79 Å². The normalized spacial score (nSPS) is 17.3. The highest BCUT2D eigenvalue weighted by Crippen LogP contribution is 2.23. The Morgan fingerprint density at radius 1 is 1.12 bits per heavy atom. The van der Waals surface area contributed by atoms with E-state index in [-0.39, 0.29) is 0 Å². The number of hydrogen-bond donors (Lipinski definition) is 0. The highest BCUT2D eigenvalue weighted by atomic mass is 79.9. The van der Waals surface area contributed by atoms with Crippen molar-refractivity contribution in [3.8, 4) is 0 Å². The number of benzene rings is 1. The van der Waals surface area contributed by atoms with Gasteiger partial charge in [-0.2, -0.15) is 4.99 Å². The topological polar surface area (TPSA) is 57.9 Å². The molecule has 0 saturated heterocycles. The highest BCUT2D eigenvalue weighted by Gasteiger charge is 2.21. The molecule has 2 aliphatic heterocycles. The van der Waals surface area contributed by atoms with Crippen LogP contribution < -0.4 is 0 Å². The third-order valence-corrected chi connectivity index (χ3v) is 4.35. The van der Waals surface area contributed by atoms with Crippen molar-refractivity contribution in [1.82, 2.24) is 9.88 Å². The quantitative estimate of drug-likeness (QED) is 0.743. The number of amidine groups is 2. The molecule has 0 radical (unpaired) electrons. The lowest BCUT2D eigenvalue weighted by Gasteiger charge is -2.21. The molecule has 5 nitrogen and oxygen atoms in total. The highest BCUT2D eigenvalue weighted by molar-refractivity contribution is 9.11. The molecular weight excluding hydrogens is 380 g/mol. The van der Waals surface area contributed by atoms with Crippen LogP contribution in [0.1, 0.15) is 21.6 Å². The summed E-state index contributed by atoms with van der Waals surface area (Å²) in [6, 6.07) is 13.0. The van der Waals surface area contributed by atoms with Crippen LogP contribution in [0.4, 0.5) is 0 Å². The van der Waals surface area contributed by atoms with Crippen LogP contribution in [0.5, 0.6) is 0 Å². The van der Waals surface area contributed by atoms with Crippen LogP contribution in [0.15, 0.2) is 81.5 Å². The molecule has 2 aliphatic rings. The Morgan fingerprint density at radius 3 is 2.80 bits per heavy atom. The molecule has 6 heteroatoms. The van der Waals surface area contributed by atoms with Crippen molar-refractivity contribution in [3.05, 3.63) is 88.3 Å². The van der Waals surface area contributed by atoms with E-state index in [1.54, 1.807) is 24.4 Å². The summed E-state index contributed by atoms with van der Waals surface area (Å²) in [5.41, 5.74) is 2.21. The number of aromatic nitrogens is 1. The second-order valence-corrected chi connectivity index (χ2v) is 6.47. The van der Waals surface area contributed by atoms with E-state index in [4.69, 9.17) is 0 Å². The zero-order valence-corrected chi connectivity index (χ0v) is 14.7. The molecule has 0 saturated carbocycles. The van der Waals surface area contributed by atoms with Crippen LogP contribution >= 0.6 is 15.9 Å². The number of pyridine rings is 1. The van der Waals surface area contributed by atoms with Crippen LogP contribution in [-0.4, -0.2) is 27.5 Å². The molecular formula is C19H13BrN4O. The van der Waals surface area contributed by atoms with Crippen molar-refractivity contribution in [2.45, 2.75) is 6.54 Å². The predicted molar refractivity (Wildman–Crippen MR) is 101 cm³/mol. The average molecular weight is 393 g/mol. The maximum absolute atomic E-state index is 12.5. The van der Waals surface area contributed by atoms with E-state index in [2.05, 4.69) is 30.9 Å². The number of rotatable bonds is 1. The third kappa shape index (κ3) is 3.21. The van der Waals surface area contributed by atoms with Crippen molar-refractivity contribution in [3.63, 3.8) is 0 Å². The van der Waals surface area contributed by atoms with Crippen LogP contribution in [0, 0.1) is 0 Å². The Hall–Kier alpha value is -2.86. The van der Waals surface area contributed by atoms with E-state index in [0.29, 0.717) is 18.1 Å². The van der Waals surface area contributed by atoms with Gasteiger partial charge in [0, 0.05) is 29.0 Å². The molecule has 2 aromatic rings. The summed E-state index contributed by atoms with van der Waals surface area (Å²) in [7, 11) is 0. The fourth-order valence-corrected chi connectivity index (χ4v) is 3.07. The monoisotopic (exact) mass is 392 g/mol. The number of carbonyl (C=O) groups is 1. The Balaban J connectivity index is 1.82. The average Bonchev–Trinajstić information content (AvgIpc) is 2.79. The number of nitrogens with zero attached hydrogens (tertiary/aromatic N) is 4. The first-order valence-electron chi connectivity index (χ1n) is 7.74. The van der Waals surface area contributed by atoms with Crippen LogP contribution in [0.3, 0.4) is 0 Å².